The van der Waals surface area contributed by atoms with Gasteiger partial charge in [-0.3, -0.25) is 0 Å². The van der Waals surface area contributed by atoms with Crippen molar-refractivity contribution in [2.45, 2.75) is 45.6 Å². The minimum absolute atomic E-state index is 0.206. The highest BCUT2D eigenvalue weighted by atomic mass is 16.7. The fourth-order valence-corrected chi connectivity index (χ4v) is 3.19. The minimum Gasteiger partial charge on any atom is -0.462 e. The van der Waals surface area contributed by atoms with Gasteiger partial charge in [0.25, 0.3) is 0 Å². The maximum absolute atomic E-state index is 12.2. The molecule has 0 N–H and O–H groups in total. The summed E-state index contributed by atoms with van der Waals surface area (Å²) < 4.78 is 21.7. The molecule has 0 saturated heterocycles. The summed E-state index contributed by atoms with van der Waals surface area (Å²) in [4.78, 5) is 12.2. The third-order valence-electron chi connectivity index (χ3n) is 4.69. The molecule has 1 aromatic rings. The molecule has 5 nitrogen and oxygen atoms in total. The lowest BCUT2D eigenvalue weighted by molar-refractivity contribution is 0.0227. The number of benzene rings is 1. The zero-order valence-corrected chi connectivity index (χ0v) is 14.5. The Hall–Kier alpha value is -1.75. The Bertz CT molecular complexity index is 561. The zero-order valence-electron chi connectivity index (χ0n) is 14.5. The van der Waals surface area contributed by atoms with Crippen molar-refractivity contribution in [1.82, 2.24) is 0 Å². The van der Waals surface area contributed by atoms with E-state index in [9.17, 15) is 4.79 Å². The predicted molar refractivity (Wildman–Crippen MR) is 89.4 cm³/mol. The third-order valence-corrected chi connectivity index (χ3v) is 4.69. The first-order valence-corrected chi connectivity index (χ1v) is 8.80. The zero-order chi connectivity index (χ0) is 16.9. The van der Waals surface area contributed by atoms with Crippen molar-refractivity contribution >= 4 is 5.97 Å². The summed E-state index contributed by atoms with van der Waals surface area (Å²) in [6, 6.07) is 5.15. The molecule has 0 unspecified atom stereocenters. The van der Waals surface area contributed by atoms with E-state index >= 15 is 0 Å². The van der Waals surface area contributed by atoms with Crippen LogP contribution in [0.1, 0.15) is 49.9 Å². The Morgan fingerprint density at radius 1 is 1.08 bits per heavy atom. The van der Waals surface area contributed by atoms with Gasteiger partial charge in [-0.1, -0.05) is 0 Å². The Kier molecular flexibility index (Phi) is 5.61. The summed E-state index contributed by atoms with van der Waals surface area (Å²) in [5.41, 5.74) is 0.512. The average molecular weight is 334 g/mol. The van der Waals surface area contributed by atoms with Crippen molar-refractivity contribution in [1.29, 1.82) is 0 Å². The van der Waals surface area contributed by atoms with Gasteiger partial charge in [0.2, 0.25) is 6.79 Å². The molecule has 0 aromatic heterocycles. The predicted octanol–water partition coefficient (Wildman–Crippen LogP) is 3.80. The second-order valence-electron chi connectivity index (χ2n) is 6.94. The number of ether oxygens (including phenoxy) is 4. The maximum Gasteiger partial charge on any atom is 0.338 e. The van der Waals surface area contributed by atoms with Crippen molar-refractivity contribution in [2.24, 2.45) is 11.8 Å². The molecule has 0 amide bonds. The minimum atomic E-state index is -0.293. The molecule has 0 atom stereocenters. The van der Waals surface area contributed by atoms with Crippen LogP contribution in [0.15, 0.2) is 18.2 Å². The summed E-state index contributed by atoms with van der Waals surface area (Å²) >= 11 is 0. The van der Waals surface area contributed by atoms with E-state index in [-0.39, 0.29) is 12.8 Å². The summed E-state index contributed by atoms with van der Waals surface area (Å²) in [7, 11) is 0. The molecule has 3 rings (SSSR count). The number of carbonyl (C=O) groups excluding carboxylic acids is 1. The van der Waals surface area contributed by atoms with Gasteiger partial charge in [-0.15, -0.1) is 0 Å². The van der Waals surface area contributed by atoms with Gasteiger partial charge in [0, 0.05) is 6.61 Å². The van der Waals surface area contributed by atoms with Crippen LogP contribution >= 0.6 is 0 Å². The Morgan fingerprint density at radius 3 is 2.46 bits per heavy atom. The Balaban J connectivity index is 1.41. The first-order chi connectivity index (χ1) is 11.6. The summed E-state index contributed by atoms with van der Waals surface area (Å²) in [5, 5.41) is 0. The Morgan fingerprint density at radius 2 is 1.75 bits per heavy atom. The van der Waals surface area contributed by atoms with E-state index in [0.717, 1.165) is 32.3 Å². The molecule has 2 aliphatic rings. The molecule has 0 bridgehead atoms. The van der Waals surface area contributed by atoms with Crippen molar-refractivity contribution in [3.63, 3.8) is 0 Å². The van der Waals surface area contributed by atoms with Crippen molar-refractivity contribution in [3.05, 3.63) is 23.8 Å². The molecule has 1 aromatic carbocycles. The van der Waals surface area contributed by atoms with Crippen LogP contribution in [-0.2, 0) is 9.47 Å². The van der Waals surface area contributed by atoms with Crippen LogP contribution in [0.25, 0.3) is 0 Å². The normalized spacial score (nSPS) is 22.6. The molecular formula is C19H26O5. The van der Waals surface area contributed by atoms with E-state index in [1.807, 2.05) is 0 Å². The molecule has 5 heteroatoms. The molecular weight excluding hydrogens is 308 g/mol. The first-order valence-electron chi connectivity index (χ1n) is 8.80. The fraction of sp³-hybridized carbons (Fsp3) is 0.632. The SMILES string of the molecule is CC(C)OCC1CCC(COC(=O)c2ccc3c(c2)OCO3)CC1. The summed E-state index contributed by atoms with van der Waals surface area (Å²) in [6.07, 6.45) is 4.80. The van der Waals surface area contributed by atoms with Crippen LogP contribution in [0, 0.1) is 11.8 Å². The first kappa shape index (κ1) is 17.1. The highest BCUT2D eigenvalue weighted by Gasteiger charge is 2.23. The van der Waals surface area contributed by atoms with E-state index in [4.69, 9.17) is 18.9 Å². The Labute approximate surface area is 143 Å². The molecule has 0 spiro atoms. The molecule has 1 fully saturated rings. The highest BCUT2D eigenvalue weighted by Crippen LogP contribution is 2.33. The second-order valence-corrected chi connectivity index (χ2v) is 6.94. The average Bonchev–Trinajstić information content (AvgIpc) is 3.06. The monoisotopic (exact) mass is 334 g/mol. The topological polar surface area (TPSA) is 54.0 Å². The molecule has 1 aliphatic carbocycles. The lowest BCUT2D eigenvalue weighted by Crippen LogP contribution is -2.23. The van der Waals surface area contributed by atoms with Crippen molar-refractivity contribution < 1.29 is 23.7 Å². The van der Waals surface area contributed by atoms with E-state index in [1.165, 1.54) is 0 Å². The van der Waals surface area contributed by atoms with Crippen LogP contribution in [0.3, 0.4) is 0 Å². The van der Waals surface area contributed by atoms with Crippen LogP contribution in [0.5, 0.6) is 11.5 Å². The van der Waals surface area contributed by atoms with Gasteiger partial charge in [0.1, 0.15) is 0 Å². The highest BCUT2D eigenvalue weighted by molar-refractivity contribution is 5.90. The smallest absolute Gasteiger partial charge is 0.338 e. The number of rotatable bonds is 6. The summed E-state index contributed by atoms with van der Waals surface area (Å²) in [6.45, 7) is 5.69. The van der Waals surface area contributed by atoms with Gasteiger partial charge in [-0.2, -0.15) is 0 Å². The van der Waals surface area contributed by atoms with E-state index < -0.39 is 0 Å². The molecule has 24 heavy (non-hydrogen) atoms. The quantitative estimate of drug-likeness (QED) is 0.741. The van der Waals surface area contributed by atoms with Crippen molar-refractivity contribution in [3.8, 4) is 11.5 Å². The van der Waals surface area contributed by atoms with Gasteiger partial charge in [-0.05, 0) is 69.6 Å². The van der Waals surface area contributed by atoms with Gasteiger partial charge >= 0.3 is 5.97 Å². The van der Waals surface area contributed by atoms with Crippen LogP contribution in [-0.4, -0.2) is 32.1 Å². The largest absolute Gasteiger partial charge is 0.462 e. The molecule has 1 aliphatic heterocycles. The van der Waals surface area contributed by atoms with Gasteiger partial charge in [0.15, 0.2) is 11.5 Å². The van der Waals surface area contributed by atoms with E-state index in [0.29, 0.717) is 41.6 Å². The lowest BCUT2D eigenvalue weighted by atomic mass is 9.83. The second kappa shape index (κ2) is 7.88. The number of hydrogen-bond acceptors (Lipinski definition) is 5. The van der Waals surface area contributed by atoms with Gasteiger partial charge in [-0.25, -0.2) is 4.79 Å². The third kappa shape index (κ3) is 4.41. The van der Waals surface area contributed by atoms with Gasteiger partial charge in [0.05, 0.1) is 18.3 Å². The molecule has 1 heterocycles. The molecule has 1 saturated carbocycles. The number of fused-ring (bicyclic) bond motifs is 1. The fourth-order valence-electron chi connectivity index (χ4n) is 3.19. The van der Waals surface area contributed by atoms with Crippen LogP contribution < -0.4 is 9.47 Å². The van der Waals surface area contributed by atoms with Crippen molar-refractivity contribution in [2.75, 3.05) is 20.0 Å². The standard InChI is InChI=1S/C19H26O5/c1-13(2)21-10-14-3-5-15(6-4-14)11-22-19(20)16-7-8-17-18(9-16)24-12-23-17/h7-9,13-15H,3-6,10-12H2,1-2H3. The lowest BCUT2D eigenvalue weighted by Gasteiger charge is -2.28. The van der Waals surface area contributed by atoms with Crippen LogP contribution in [0.2, 0.25) is 0 Å². The van der Waals surface area contributed by atoms with E-state index in [2.05, 4.69) is 13.8 Å². The van der Waals surface area contributed by atoms with E-state index in [1.54, 1.807) is 18.2 Å². The van der Waals surface area contributed by atoms with Gasteiger partial charge < -0.3 is 18.9 Å². The molecule has 132 valence electrons. The number of hydrogen-bond donors (Lipinski definition) is 0. The maximum atomic E-state index is 12.2. The molecule has 0 radical (unpaired) electrons. The van der Waals surface area contributed by atoms with Crippen LogP contribution in [0.4, 0.5) is 0 Å². The number of carbonyl (C=O) groups is 1. The number of esters is 1. The summed E-state index contributed by atoms with van der Waals surface area (Å²) in [5.74, 6) is 2.09.